The number of rotatable bonds is 1. The van der Waals surface area contributed by atoms with Gasteiger partial charge in [-0.05, 0) is 38.2 Å². The summed E-state index contributed by atoms with van der Waals surface area (Å²) in [5.74, 6) is 0.955. The predicted molar refractivity (Wildman–Crippen MR) is 59.7 cm³/mol. The van der Waals surface area contributed by atoms with E-state index in [2.05, 4.69) is 10.6 Å². The number of fused-ring (bicyclic) bond motifs is 1. The lowest BCUT2D eigenvalue weighted by molar-refractivity contribution is 0.112. The van der Waals surface area contributed by atoms with Gasteiger partial charge in [-0.1, -0.05) is 0 Å². The molecule has 0 amide bonds. The molecule has 1 unspecified atom stereocenters. The normalized spacial score (nSPS) is 25.5. The van der Waals surface area contributed by atoms with Gasteiger partial charge in [-0.2, -0.15) is 0 Å². The molecule has 2 aliphatic heterocycles. The van der Waals surface area contributed by atoms with Crippen molar-refractivity contribution in [1.29, 1.82) is 0 Å². The first-order valence-corrected chi connectivity index (χ1v) is 5.95. The fourth-order valence-corrected chi connectivity index (χ4v) is 2.77. The minimum absolute atomic E-state index is 0.267. The number of nitrogens with zero attached hydrogens (tertiary/aromatic N) is 1. The number of aryl methyl sites for hydroxylation is 1. The van der Waals surface area contributed by atoms with Gasteiger partial charge in [-0.25, -0.2) is 0 Å². The molecule has 0 aromatic carbocycles. The average molecular weight is 206 g/mol. The van der Waals surface area contributed by atoms with Gasteiger partial charge in [0.05, 0.1) is 6.10 Å². The van der Waals surface area contributed by atoms with Crippen molar-refractivity contribution in [3.8, 4) is 0 Å². The number of anilines is 1. The Morgan fingerprint density at radius 2 is 2.27 bits per heavy atom. The molecule has 0 bridgehead atoms. The summed E-state index contributed by atoms with van der Waals surface area (Å²) >= 11 is 0. The fourth-order valence-electron chi connectivity index (χ4n) is 2.77. The van der Waals surface area contributed by atoms with Crippen LogP contribution in [0, 0.1) is 0 Å². The summed E-state index contributed by atoms with van der Waals surface area (Å²) in [5, 5.41) is 0. The highest BCUT2D eigenvalue weighted by Gasteiger charge is 2.24. The van der Waals surface area contributed by atoms with E-state index in [0.717, 1.165) is 25.4 Å². The second-order valence-corrected chi connectivity index (χ2v) is 4.59. The Kier molecular flexibility index (Phi) is 2.20. The lowest BCUT2D eigenvalue weighted by Crippen LogP contribution is -2.12. The molecule has 2 N–H and O–H groups in total. The van der Waals surface area contributed by atoms with E-state index in [0.29, 0.717) is 0 Å². The molecule has 3 nitrogen and oxygen atoms in total. The topological polar surface area (TPSA) is 40.2 Å². The quantitative estimate of drug-likeness (QED) is 0.765. The van der Waals surface area contributed by atoms with Gasteiger partial charge in [0.15, 0.2) is 0 Å². The second-order valence-electron chi connectivity index (χ2n) is 4.59. The van der Waals surface area contributed by atoms with E-state index in [1.165, 1.54) is 36.9 Å². The Morgan fingerprint density at radius 1 is 1.33 bits per heavy atom. The number of hydrogen-bond acceptors (Lipinski definition) is 2. The van der Waals surface area contributed by atoms with Gasteiger partial charge in [0, 0.05) is 24.4 Å². The van der Waals surface area contributed by atoms with Gasteiger partial charge >= 0.3 is 0 Å². The summed E-state index contributed by atoms with van der Waals surface area (Å²) in [6, 6.07) is 2.27. The molecule has 1 aromatic heterocycles. The average Bonchev–Trinajstić information content (AvgIpc) is 2.87. The molecule has 3 heteroatoms. The largest absolute Gasteiger partial charge is 0.385 e. The highest BCUT2D eigenvalue weighted by Crippen LogP contribution is 2.35. The lowest BCUT2D eigenvalue weighted by Gasteiger charge is -2.16. The highest BCUT2D eigenvalue weighted by atomic mass is 16.5. The van der Waals surface area contributed by atoms with Crippen LogP contribution >= 0.6 is 0 Å². The third-order valence-electron chi connectivity index (χ3n) is 3.60. The highest BCUT2D eigenvalue weighted by molar-refractivity contribution is 5.47. The molecule has 15 heavy (non-hydrogen) atoms. The van der Waals surface area contributed by atoms with Gasteiger partial charge in [-0.3, -0.25) is 0 Å². The predicted octanol–water partition coefficient (Wildman–Crippen LogP) is 2.26. The van der Waals surface area contributed by atoms with Gasteiger partial charge < -0.3 is 15.0 Å². The summed E-state index contributed by atoms with van der Waals surface area (Å²) < 4.78 is 7.98. The molecule has 1 fully saturated rings. The van der Waals surface area contributed by atoms with Crippen LogP contribution in [0.25, 0.3) is 0 Å². The molecule has 3 rings (SSSR count). The number of aromatic nitrogens is 1. The van der Waals surface area contributed by atoms with Crippen LogP contribution in [0.1, 0.15) is 43.0 Å². The Balaban J connectivity index is 1.97. The summed E-state index contributed by atoms with van der Waals surface area (Å²) in [6.45, 7) is 1.98. The van der Waals surface area contributed by atoms with Crippen molar-refractivity contribution in [2.45, 2.75) is 44.8 Å². The smallest absolute Gasteiger partial charge is 0.109 e. The van der Waals surface area contributed by atoms with E-state index in [9.17, 15) is 0 Å². The first-order valence-electron chi connectivity index (χ1n) is 5.95. The van der Waals surface area contributed by atoms with Crippen LogP contribution in [0.5, 0.6) is 0 Å². The Bertz CT molecular complexity index is 364. The SMILES string of the molecule is Nc1c(C2CCCO2)cc2n1CCCC2. The van der Waals surface area contributed by atoms with E-state index < -0.39 is 0 Å². The number of ether oxygens (including phenoxy) is 1. The van der Waals surface area contributed by atoms with Crippen LogP contribution in [0.4, 0.5) is 5.82 Å². The van der Waals surface area contributed by atoms with Crippen molar-refractivity contribution in [3.05, 3.63) is 17.3 Å². The molecular formula is C12H18N2O. The van der Waals surface area contributed by atoms with Crippen LogP contribution in [0.15, 0.2) is 6.07 Å². The van der Waals surface area contributed by atoms with Crippen LogP contribution < -0.4 is 5.73 Å². The van der Waals surface area contributed by atoms with Crippen molar-refractivity contribution < 1.29 is 4.74 Å². The first-order chi connectivity index (χ1) is 7.36. The number of nitrogen functional groups attached to an aromatic ring is 1. The third-order valence-corrected chi connectivity index (χ3v) is 3.60. The zero-order valence-electron chi connectivity index (χ0n) is 9.04. The summed E-state index contributed by atoms with van der Waals surface area (Å²) in [7, 11) is 0. The van der Waals surface area contributed by atoms with Gasteiger partial charge in [0.1, 0.15) is 5.82 Å². The van der Waals surface area contributed by atoms with Crippen LogP contribution in [-0.4, -0.2) is 11.2 Å². The maximum Gasteiger partial charge on any atom is 0.109 e. The zero-order chi connectivity index (χ0) is 10.3. The van der Waals surface area contributed by atoms with Crippen molar-refractivity contribution in [2.75, 3.05) is 12.3 Å². The fraction of sp³-hybridized carbons (Fsp3) is 0.667. The molecule has 0 aliphatic carbocycles. The van der Waals surface area contributed by atoms with Crippen molar-refractivity contribution in [1.82, 2.24) is 4.57 Å². The molecular weight excluding hydrogens is 188 g/mol. The van der Waals surface area contributed by atoms with Crippen molar-refractivity contribution in [3.63, 3.8) is 0 Å². The molecule has 82 valence electrons. The van der Waals surface area contributed by atoms with Crippen LogP contribution in [-0.2, 0) is 17.7 Å². The molecule has 1 atom stereocenters. The Hall–Kier alpha value is -0.960. The van der Waals surface area contributed by atoms with E-state index in [1.54, 1.807) is 0 Å². The van der Waals surface area contributed by atoms with E-state index in [-0.39, 0.29) is 6.10 Å². The standard InChI is InChI=1S/C12H18N2O/c13-12-10(11-5-3-7-15-11)8-9-4-1-2-6-14(9)12/h8,11H,1-7,13H2. The van der Waals surface area contributed by atoms with Gasteiger partial charge in [0.25, 0.3) is 0 Å². The van der Waals surface area contributed by atoms with E-state index in [1.807, 2.05) is 0 Å². The zero-order valence-corrected chi connectivity index (χ0v) is 9.04. The molecule has 1 aromatic rings. The van der Waals surface area contributed by atoms with E-state index in [4.69, 9.17) is 10.5 Å². The minimum Gasteiger partial charge on any atom is -0.385 e. The number of nitrogens with two attached hydrogens (primary N) is 1. The monoisotopic (exact) mass is 206 g/mol. The second kappa shape index (κ2) is 3.56. The maximum absolute atomic E-state index is 6.19. The van der Waals surface area contributed by atoms with Crippen LogP contribution in [0.3, 0.4) is 0 Å². The third kappa shape index (κ3) is 1.46. The number of hydrogen-bond donors (Lipinski definition) is 1. The van der Waals surface area contributed by atoms with E-state index >= 15 is 0 Å². The molecule has 0 saturated carbocycles. The summed E-state index contributed by atoms with van der Waals surface area (Å²) in [5.41, 5.74) is 8.83. The van der Waals surface area contributed by atoms with Crippen molar-refractivity contribution >= 4 is 5.82 Å². The Morgan fingerprint density at radius 3 is 3.00 bits per heavy atom. The van der Waals surface area contributed by atoms with Crippen molar-refractivity contribution in [2.24, 2.45) is 0 Å². The first kappa shape index (κ1) is 9.28. The molecule has 0 spiro atoms. The molecule has 3 heterocycles. The maximum atomic E-state index is 6.19. The lowest BCUT2D eigenvalue weighted by atomic mass is 10.1. The van der Waals surface area contributed by atoms with Gasteiger partial charge in [0.2, 0.25) is 0 Å². The summed E-state index contributed by atoms with van der Waals surface area (Å²) in [6.07, 6.45) is 6.31. The molecule has 1 saturated heterocycles. The Labute approximate surface area is 90.2 Å². The molecule has 0 radical (unpaired) electrons. The minimum atomic E-state index is 0.267. The summed E-state index contributed by atoms with van der Waals surface area (Å²) in [4.78, 5) is 0. The van der Waals surface area contributed by atoms with Gasteiger partial charge in [-0.15, -0.1) is 0 Å². The molecule has 2 aliphatic rings. The van der Waals surface area contributed by atoms with Crippen LogP contribution in [0.2, 0.25) is 0 Å².